The van der Waals surface area contributed by atoms with Gasteiger partial charge in [-0.3, -0.25) is 4.79 Å². The number of carbonyl (C=O) groups excluding carboxylic acids is 1. The summed E-state index contributed by atoms with van der Waals surface area (Å²) in [5.74, 6) is -0.657. The number of amides is 1. The van der Waals surface area contributed by atoms with E-state index in [1.54, 1.807) is 18.2 Å². The lowest BCUT2D eigenvalue weighted by molar-refractivity contribution is -0.125. The Kier molecular flexibility index (Phi) is 6.35. The van der Waals surface area contributed by atoms with Gasteiger partial charge in [0.2, 0.25) is 15.9 Å². The highest BCUT2D eigenvalue weighted by molar-refractivity contribution is 7.89. The standard InChI is InChI=1S/C22H24ClFN2O4S/c23-19-8-7-18(15-20(19)31(28,29)26-11-1-2-12-26)25-21(27)22(9-13-30-14-10-22)16-3-5-17(24)6-4-16/h3-8,15H,1-2,9-14H2,(H,25,27). The molecular weight excluding hydrogens is 443 g/mol. The number of benzene rings is 2. The van der Waals surface area contributed by atoms with E-state index in [0.717, 1.165) is 12.8 Å². The summed E-state index contributed by atoms with van der Waals surface area (Å²) in [6, 6.07) is 10.4. The second kappa shape index (κ2) is 8.86. The van der Waals surface area contributed by atoms with Crippen LogP contribution in [0.15, 0.2) is 47.4 Å². The lowest BCUT2D eigenvalue weighted by Crippen LogP contribution is -2.44. The van der Waals surface area contributed by atoms with Gasteiger partial charge in [0.15, 0.2) is 0 Å². The van der Waals surface area contributed by atoms with Crippen molar-refractivity contribution in [1.82, 2.24) is 4.31 Å². The van der Waals surface area contributed by atoms with E-state index in [4.69, 9.17) is 16.3 Å². The van der Waals surface area contributed by atoms with Crippen molar-refractivity contribution in [3.05, 3.63) is 58.9 Å². The Morgan fingerprint density at radius 2 is 1.71 bits per heavy atom. The van der Waals surface area contributed by atoms with Crippen LogP contribution in [0, 0.1) is 5.82 Å². The fourth-order valence-electron chi connectivity index (χ4n) is 4.23. The topological polar surface area (TPSA) is 75.7 Å². The van der Waals surface area contributed by atoms with Crippen LogP contribution in [0.3, 0.4) is 0 Å². The molecule has 0 saturated carbocycles. The number of rotatable bonds is 5. The molecule has 0 radical (unpaired) electrons. The summed E-state index contributed by atoms with van der Waals surface area (Å²) >= 11 is 6.21. The maximum atomic E-state index is 13.5. The van der Waals surface area contributed by atoms with Crippen LogP contribution in [0.5, 0.6) is 0 Å². The first kappa shape index (κ1) is 22.2. The summed E-state index contributed by atoms with van der Waals surface area (Å²) in [6.45, 7) is 1.73. The van der Waals surface area contributed by atoms with Crippen LogP contribution in [0.25, 0.3) is 0 Å². The molecule has 2 aromatic carbocycles. The van der Waals surface area contributed by atoms with Gasteiger partial charge in [0.05, 0.1) is 10.4 Å². The molecule has 31 heavy (non-hydrogen) atoms. The molecule has 2 heterocycles. The van der Waals surface area contributed by atoms with Gasteiger partial charge in [0.25, 0.3) is 0 Å². The Morgan fingerprint density at radius 1 is 1.06 bits per heavy atom. The predicted octanol–water partition coefficient (Wildman–Crippen LogP) is 3.95. The molecule has 0 aliphatic carbocycles. The summed E-state index contributed by atoms with van der Waals surface area (Å²) in [5.41, 5.74) is 0.160. The maximum absolute atomic E-state index is 13.5. The maximum Gasteiger partial charge on any atom is 0.244 e. The van der Waals surface area contributed by atoms with E-state index in [0.29, 0.717) is 50.4 Å². The molecule has 0 unspecified atom stereocenters. The normalized spacial score (nSPS) is 19.3. The first-order chi connectivity index (χ1) is 14.8. The highest BCUT2D eigenvalue weighted by Crippen LogP contribution is 2.37. The van der Waals surface area contributed by atoms with Crippen molar-refractivity contribution in [1.29, 1.82) is 0 Å². The Labute approximate surface area is 186 Å². The molecule has 0 spiro atoms. The zero-order chi connectivity index (χ0) is 22.1. The molecule has 1 N–H and O–H groups in total. The van der Waals surface area contributed by atoms with E-state index in [9.17, 15) is 17.6 Å². The Balaban J connectivity index is 1.64. The number of hydrogen-bond acceptors (Lipinski definition) is 4. The van der Waals surface area contributed by atoms with E-state index in [1.165, 1.54) is 28.6 Å². The van der Waals surface area contributed by atoms with Gasteiger partial charge in [-0.25, -0.2) is 12.8 Å². The van der Waals surface area contributed by atoms with E-state index in [2.05, 4.69) is 5.32 Å². The number of ether oxygens (including phenoxy) is 1. The number of nitrogens with one attached hydrogen (secondary N) is 1. The Bertz CT molecular complexity index is 1060. The third-order valence-electron chi connectivity index (χ3n) is 6.05. The van der Waals surface area contributed by atoms with E-state index in [-0.39, 0.29) is 21.6 Å². The SMILES string of the molecule is O=C(Nc1ccc(Cl)c(S(=O)(=O)N2CCCC2)c1)C1(c2ccc(F)cc2)CCOCC1. The zero-order valence-electron chi connectivity index (χ0n) is 16.9. The lowest BCUT2D eigenvalue weighted by atomic mass is 9.73. The molecule has 1 amide bonds. The molecule has 0 bridgehead atoms. The highest BCUT2D eigenvalue weighted by Gasteiger charge is 2.42. The largest absolute Gasteiger partial charge is 0.381 e. The van der Waals surface area contributed by atoms with Crippen LogP contribution in [0.1, 0.15) is 31.2 Å². The van der Waals surface area contributed by atoms with Gasteiger partial charge in [-0.2, -0.15) is 4.31 Å². The summed E-state index contributed by atoms with van der Waals surface area (Å²) in [4.78, 5) is 13.4. The molecule has 4 rings (SSSR count). The minimum atomic E-state index is -3.74. The van der Waals surface area contributed by atoms with Crippen molar-refractivity contribution in [2.24, 2.45) is 0 Å². The first-order valence-electron chi connectivity index (χ1n) is 10.3. The van der Waals surface area contributed by atoms with E-state index >= 15 is 0 Å². The number of nitrogens with zero attached hydrogens (tertiary/aromatic N) is 1. The zero-order valence-corrected chi connectivity index (χ0v) is 18.5. The summed E-state index contributed by atoms with van der Waals surface area (Å²) in [7, 11) is -3.74. The molecule has 6 nitrogen and oxygen atoms in total. The van der Waals surface area contributed by atoms with Gasteiger partial charge in [-0.15, -0.1) is 0 Å². The number of halogens is 2. The molecule has 2 aliphatic rings. The van der Waals surface area contributed by atoms with Crippen LogP contribution >= 0.6 is 11.6 Å². The smallest absolute Gasteiger partial charge is 0.244 e. The van der Waals surface area contributed by atoms with Crippen LogP contribution in [-0.2, 0) is 25.0 Å². The third-order valence-corrected chi connectivity index (χ3v) is 8.43. The highest BCUT2D eigenvalue weighted by atomic mass is 35.5. The third kappa shape index (κ3) is 4.35. The first-order valence-corrected chi connectivity index (χ1v) is 12.1. The van der Waals surface area contributed by atoms with Crippen molar-refractivity contribution < 1.29 is 22.3 Å². The average Bonchev–Trinajstić information content (AvgIpc) is 3.32. The molecule has 166 valence electrons. The van der Waals surface area contributed by atoms with Gasteiger partial charge < -0.3 is 10.1 Å². The second-order valence-corrected chi connectivity index (χ2v) is 10.2. The van der Waals surface area contributed by atoms with Gasteiger partial charge in [0.1, 0.15) is 10.7 Å². The van der Waals surface area contributed by atoms with Gasteiger partial charge in [-0.05, 0) is 61.6 Å². The molecule has 2 saturated heterocycles. The monoisotopic (exact) mass is 466 g/mol. The van der Waals surface area contributed by atoms with Crippen LogP contribution in [0.2, 0.25) is 5.02 Å². The van der Waals surface area contributed by atoms with E-state index in [1.807, 2.05) is 0 Å². The average molecular weight is 467 g/mol. The van der Waals surface area contributed by atoms with Crippen LogP contribution in [0.4, 0.5) is 10.1 Å². The van der Waals surface area contributed by atoms with Crippen molar-refractivity contribution in [3.8, 4) is 0 Å². The summed E-state index contributed by atoms with van der Waals surface area (Å²) in [6.07, 6.45) is 2.51. The molecule has 9 heteroatoms. The lowest BCUT2D eigenvalue weighted by Gasteiger charge is -2.36. The number of carbonyl (C=O) groups is 1. The Morgan fingerprint density at radius 3 is 2.35 bits per heavy atom. The van der Waals surface area contributed by atoms with Gasteiger partial charge in [-0.1, -0.05) is 23.7 Å². The minimum absolute atomic E-state index is 0.0170. The molecule has 2 aromatic rings. The van der Waals surface area contributed by atoms with Gasteiger partial charge in [0, 0.05) is 32.0 Å². The van der Waals surface area contributed by atoms with Crippen molar-refractivity contribution in [2.75, 3.05) is 31.6 Å². The fourth-order valence-corrected chi connectivity index (χ4v) is 6.25. The number of hydrogen-bond donors (Lipinski definition) is 1. The van der Waals surface area contributed by atoms with Crippen molar-refractivity contribution >= 4 is 33.2 Å². The van der Waals surface area contributed by atoms with Crippen LogP contribution in [-0.4, -0.2) is 44.9 Å². The second-order valence-electron chi connectivity index (χ2n) is 7.91. The quantitative estimate of drug-likeness (QED) is 0.724. The van der Waals surface area contributed by atoms with E-state index < -0.39 is 15.4 Å². The Hall–Kier alpha value is -2.00. The minimum Gasteiger partial charge on any atom is -0.381 e. The van der Waals surface area contributed by atoms with Crippen LogP contribution < -0.4 is 5.32 Å². The molecule has 2 aliphatic heterocycles. The van der Waals surface area contributed by atoms with Crippen molar-refractivity contribution in [3.63, 3.8) is 0 Å². The van der Waals surface area contributed by atoms with Crippen molar-refractivity contribution in [2.45, 2.75) is 36.0 Å². The summed E-state index contributed by atoms with van der Waals surface area (Å²) < 4.78 is 46.3. The molecule has 0 aromatic heterocycles. The number of sulfonamides is 1. The predicted molar refractivity (Wildman–Crippen MR) is 116 cm³/mol. The summed E-state index contributed by atoms with van der Waals surface area (Å²) in [5, 5.41) is 2.98. The number of anilines is 1. The molecule has 2 fully saturated rings. The molecular formula is C22H24ClFN2O4S. The molecule has 0 atom stereocenters. The van der Waals surface area contributed by atoms with Gasteiger partial charge >= 0.3 is 0 Å². The fraction of sp³-hybridized carbons (Fsp3) is 0.409.